The van der Waals surface area contributed by atoms with Gasteiger partial charge in [0.15, 0.2) is 0 Å². The van der Waals surface area contributed by atoms with Crippen LogP contribution in [0.1, 0.15) is 106 Å². The number of fused-ring (bicyclic) bond motifs is 7. The molecule has 0 saturated heterocycles. The molecular weight excluding hydrogens is 396 g/mol. The van der Waals surface area contributed by atoms with Gasteiger partial charge in [-0.05, 0) is 97.2 Å². The summed E-state index contributed by atoms with van der Waals surface area (Å²) in [7, 11) is 0. The molecule has 8 atom stereocenters. The molecule has 0 heterocycles. The smallest absolute Gasteiger partial charge is 0.310 e. The number of carboxylic acids is 1. The van der Waals surface area contributed by atoms with Crippen molar-refractivity contribution in [2.75, 3.05) is 0 Å². The Kier molecular flexibility index (Phi) is 4.76. The molecule has 4 fully saturated rings. The number of carbonyl (C=O) groups excluding carboxylic acids is 1. The first-order chi connectivity index (χ1) is 14.8. The van der Waals surface area contributed by atoms with Crippen LogP contribution in [-0.4, -0.2) is 16.9 Å². The highest BCUT2D eigenvalue weighted by molar-refractivity contribution is 5.82. The number of carbonyl (C=O) groups is 2. The standard InChI is InChI=1S/C29H44O3/c1-18-19-9-12-28(6)23(26(19,4)11-10-22(18)30)8-7-20-21-17-25(2,3)13-15-29(21,24(31)32)16-14-27(20,28)5/h7,18-19,21,23H,8-17H2,1-6H3,(H,31,32). The van der Waals surface area contributed by atoms with E-state index in [-0.39, 0.29) is 33.5 Å². The Morgan fingerprint density at radius 3 is 2.38 bits per heavy atom. The van der Waals surface area contributed by atoms with Gasteiger partial charge in [0.2, 0.25) is 0 Å². The van der Waals surface area contributed by atoms with Gasteiger partial charge in [0.25, 0.3) is 0 Å². The van der Waals surface area contributed by atoms with Gasteiger partial charge >= 0.3 is 5.97 Å². The number of aliphatic carboxylic acids is 1. The van der Waals surface area contributed by atoms with Crippen molar-refractivity contribution >= 4 is 11.8 Å². The van der Waals surface area contributed by atoms with E-state index in [9.17, 15) is 14.7 Å². The Hall–Kier alpha value is -1.12. The Bertz CT molecular complexity index is 885. The zero-order valence-electron chi connectivity index (χ0n) is 21.2. The lowest BCUT2D eigenvalue weighted by molar-refractivity contribution is -0.180. The van der Waals surface area contributed by atoms with Crippen molar-refractivity contribution in [3.05, 3.63) is 11.6 Å². The summed E-state index contributed by atoms with van der Waals surface area (Å²) in [6.45, 7) is 14.4. The number of ketones is 1. The lowest BCUT2D eigenvalue weighted by Gasteiger charge is -2.69. The molecule has 8 unspecified atom stereocenters. The number of Topliss-reactive ketones (excluding diaryl/α,β-unsaturated/α-hetero) is 1. The zero-order chi connectivity index (χ0) is 23.3. The second-order valence-electron chi connectivity index (χ2n) is 14.0. The summed E-state index contributed by atoms with van der Waals surface area (Å²) in [4.78, 5) is 25.3. The van der Waals surface area contributed by atoms with Crippen LogP contribution in [-0.2, 0) is 9.59 Å². The molecule has 178 valence electrons. The van der Waals surface area contributed by atoms with Crippen LogP contribution < -0.4 is 0 Å². The quantitative estimate of drug-likeness (QED) is 0.444. The fourth-order valence-corrected chi connectivity index (χ4v) is 10.0. The first-order valence-corrected chi connectivity index (χ1v) is 13.3. The molecule has 0 aliphatic heterocycles. The van der Waals surface area contributed by atoms with Crippen LogP contribution in [0.5, 0.6) is 0 Å². The van der Waals surface area contributed by atoms with Crippen molar-refractivity contribution < 1.29 is 14.7 Å². The summed E-state index contributed by atoms with van der Waals surface area (Å²) >= 11 is 0. The maximum atomic E-state index is 12.7. The van der Waals surface area contributed by atoms with Crippen LogP contribution in [0.4, 0.5) is 0 Å². The summed E-state index contributed by atoms with van der Waals surface area (Å²) in [5.41, 5.74) is 1.64. The Labute approximate surface area is 194 Å². The third-order valence-corrected chi connectivity index (χ3v) is 12.4. The van der Waals surface area contributed by atoms with Gasteiger partial charge in [0.1, 0.15) is 5.78 Å². The Morgan fingerprint density at radius 2 is 1.69 bits per heavy atom. The topological polar surface area (TPSA) is 54.4 Å². The number of allylic oxidation sites excluding steroid dienone is 2. The monoisotopic (exact) mass is 440 g/mol. The average molecular weight is 441 g/mol. The molecule has 0 bridgehead atoms. The number of carboxylic acid groups (broad SMARTS) is 1. The third-order valence-electron chi connectivity index (χ3n) is 12.4. The molecule has 3 nitrogen and oxygen atoms in total. The molecule has 0 aromatic carbocycles. The van der Waals surface area contributed by atoms with Gasteiger partial charge in [-0.15, -0.1) is 0 Å². The summed E-state index contributed by atoms with van der Waals surface area (Å²) in [6.07, 6.45) is 12.4. The van der Waals surface area contributed by atoms with Gasteiger partial charge in [0.05, 0.1) is 5.41 Å². The van der Waals surface area contributed by atoms with Crippen molar-refractivity contribution in [2.24, 2.45) is 50.7 Å². The Morgan fingerprint density at radius 1 is 1.00 bits per heavy atom. The highest BCUT2D eigenvalue weighted by Crippen LogP contribution is 2.74. The van der Waals surface area contributed by atoms with Gasteiger partial charge in [-0.25, -0.2) is 0 Å². The minimum absolute atomic E-state index is 0.0750. The van der Waals surface area contributed by atoms with E-state index in [0.717, 1.165) is 57.8 Å². The predicted octanol–water partition coefficient (Wildman–Crippen LogP) is 7.05. The van der Waals surface area contributed by atoms with Gasteiger partial charge in [-0.2, -0.15) is 0 Å². The van der Waals surface area contributed by atoms with Crippen LogP contribution in [0, 0.1) is 50.7 Å². The highest BCUT2D eigenvalue weighted by atomic mass is 16.4. The molecule has 0 aromatic rings. The average Bonchev–Trinajstić information content (AvgIpc) is 2.71. The van der Waals surface area contributed by atoms with Gasteiger partial charge in [-0.3, -0.25) is 9.59 Å². The van der Waals surface area contributed by atoms with E-state index in [0.29, 0.717) is 17.6 Å². The number of hydrogen-bond donors (Lipinski definition) is 1. The fraction of sp³-hybridized carbons (Fsp3) is 0.862. The number of hydrogen-bond acceptors (Lipinski definition) is 2. The molecule has 4 saturated carbocycles. The number of rotatable bonds is 1. The van der Waals surface area contributed by atoms with E-state index in [1.807, 2.05) is 0 Å². The lowest BCUT2D eigenvalue weighted by Crippen LogP contribution is -2.63. The molecule has 0 aromatic heterocycles. The summed E-state index contributed by atoms with van der Waals surface area (Å²) < 4.78 is 0. The maximum Gasteiger partial charge on any atom is 0.310 e. The van der Waals surface area contributed by atoms with Crippen molar-refractivity contribution in [1.82, 2.24) is 0 Å². The van der Waals surface area contributed by atoms with E-state index < -0.39 is 11.4 Å². The third kappa shape index (κ3) is 2.66. The molecule has 5 aliphatic rings. The van der Waals surface area contributed by atoms with Crippen LogP contribution in [0.2, 0.25) is 0 Å². The first kappa shape index (κ1) is 22.7. The zero-order valence-corrected chi connectivity index (χ0v) is 21.2. The molecule has 5 rings (SSSR count). The molecule has 0 amide bonds. The van der Waals surface area contributed by atoms with Crippen molar-refractivity contribution in [1.29, 1.82) is 0 Å². The van der Waals surface area contributed by atoms with Crippen LogP contribution in [0.3, 0.4) is 0 Å². The molecule has 32 heavy (non-hydrogen) atoms. The molecular formula is C29H44O3. The van der Waals surface area contributed by atoms with E-state index in [1.54, 1.807) is 0 Å². The Balaban J connectivity index is 1.60. The van der Waals surface area contributed by atoms with Crippen molar-refractivity contribution in [3.63, 3.8) is 0 Å². The minimum Gasteiger partial charge on any atom is -0.481 e. The molecule has 0 spiro atoms. The normalized spacial score (nSPS) is 52.1. The first-order valence-electron chi connectivity index (χ1n) is 13.3. The van der Waals surface area contributed by atoms with Crippen molar-refractivity contribution in [2.45, 2.75) is 106 Å². The van der Waals surface area contributed by atoms with Gasteiger partial charge in [-0.1, -0.05) is 53.2 Å². The molecule has 5 aliphatic carbocycles. The van der Waals surface area contributed by atoms with Crippen LogP contribution in [0.25, 0.3) is 0 Å². The summed E-state index contributed by atoms with van der Waals surface area (Å²) in [5, 5.41) is 10.5. The predicted molar refractivity (Wildman–Crippen MR) is 127 cm³/mol. The molecule has 0 radical (unpaired) electrons. The maximum absolute atomic E-state index is 12.7. The van der Waals surface area contributed by atoms with Crippen molar-refractivity contribution in [3.8, 4) is 0 Å². The molecule has 3 heteroatoms. The second kappa shape index (κ2) is 6.72. The highest BCUT2D eigenvalue weighted by Gasteiger charge is 2.68. The largest absolute Gasteiger partial charge is 0.481 e. The lowest BCUT2D eigenvalue weighted by atomic mass is 9.34. The SMILES string of the molecule is CC1C(=O)CCC2(C)C1CCC1(C)C2CC=C2C3CC(C)(C)CCC3(C(=O)O)CCC21C. The van der Waals surface area contributed by atoms with Gasteiger partial charge in [0, 0.05) is 12.3 Å². The van der Waals surface area contributed by atoms with E-state index in [4.69, 9.17) is 0 Å². The van der Waals surface area contributed by atoms with Crippen LogP contribution >= 0.6 is 0 Å². The second-order valence-corrected chi connectivity index (χ2v) is 14.0. The summed E-state index contributed by atoms with van der Waals surface area (Å²) in [6, 6.07) is 0. The summed E-state index contributed by atoms with van der Waals surface area (Å²) in [5.74, 6) is 1.40. The molecule has 1 N–H and O–H groups in total. The van der Waals surface area contributed by atoms with E-state index >= 15 is 0 Å². The van der Waals surface area contributed by atoms with Gasteiger partial charge < -0.3 is 5.11 Å². The van der Waals surface area contributed by atoms with Crippen LogP contribution in [0.15, 0.2) is 11.6 Å². The fourth-order valence-electron chi connectivity index (χ4n) is 10.0. The van der Waals surface area contributed by atoms with E-state index in [2.05, 4.69) is 47.6 Å². The van der Waals surface area contributed by atoms with E-state index in [1.165, 1.54) is 12.0 Å². The minimum atomic E-state index is -0.559.